The number of allylic oxidation sites excluding steroid dienone is 3. The van der Waals surface area contributed by atoms with Gasteiger partial charge >= 0.3 is 12.3 Å². The first kappa shape index (κ1) is 23.1. The van der Waals surface area contributed by atoms with Crippen LogP contribution in [0.1, 0.15) is 65.2 Å². The van der Waals surface area contributed by atoms with Gasteiger partial charge in [0.15, 0.2) is 0 Å². The first-order valence-corrected chi connectivity index (χ1v) is 11.8. The molecule has 0 aromatic carbocycles. The quantitative estimate of drug-likeness (QED) is 0.471. The Bertz CT molecular complexity index is 812. The summed E-state index contributed by atoms with van der Waals surface area (Å²) < 4.78 is 20.3. The SMILES string of the molecule is COC(=O)OC1(OC(=O)OC)CC[C@@]2(C)C(=CC=C3[C@@H]4CC[C@H](CCO)[C@@]4(C)CC[C@@H]32)C1. The van der Waals surface area contributed by atoms with Crippen molar-refractivity contribution in [2.24, 2.45) is 28.6 Å². The van der Waals surface area contributed by atoms with E-state index < -0.39 is 18.1 Å². The van der Waals surface area contributed by atoms with Crippen molar-refractivity contribution in [1.82, 2.24) is 0 Å². The lowest BCUT2D eigenvalue weighted by Crippen LogP contribution is -2.51. The summed E-state index contributed by atoms with van der Waals surface area (Å²) in [6.45, 7) is 4.99. The number of aliphatic hydroxyl groups is 1. The molecule has 0 unspecified atom stereocenters. The van der Waals surface area contributed by atoms with E-state index in [4.69, 9.17) is 9.47 Å². The average molecular weight is 449 g/mol. The highest BCUT2D eigenvalue weighted by Crippen LogP contribution is 2.66. The Kier molecular flexibility index (Phi) is 6.07. The second-order valence-corrected chi connectivity index (χ2v) is 10.4. The molecule has 0 radical (unpaired) electrons. The highest BCUT2D eigenvalue weighted by Gasteiger charge is 2.58. The first-order chi connectivity index (χ1) is 15.2. The fourth-order valence-corrected chi connectivity index (χ4v) is 7.27. The molecule has 0 bridgehead atoms. The largest absolute Gasteiger partial charge is 0.511 e. The van der Waals surface area contributed by atoms with Gasteiger partial charge in [-0.3, -0.25) is 0 Å². The third-order valence-corrected chi connectivity index (χ3v) is 9.12. The number of methoxy groups -OCH3 is 2. The molecule has 0 aliphatic heterocycles. The van der Waals surface area contributed by atoms with E-state index in [-0.39, 0.29) is 17.4 Å². The van der Waals surface area contributed by atoms with Gasteiger partial charge in [-0.25, -0.2) is 9.59 Å². The maximum atomic E-state index is 11.9. The number of hydrogen-bond donors (Lipinski definition) is 1. The summed E-state index contributed by atoms with van der Waals surface area (Å²) in [5.74, 6) is 0.150. The zero-order valence-electron chi connectivity index (χ0n) is 19.6. The molecule has 0 heterocycles. The fourth-order valence-electron chi connectivity index (χ4n) is 7.27. The van der Waals surface area contributed by atoms with E-state index in [2.05, 4.69) is 35.5 Å². The summed E-state index contributed by atoms with van der Waals surface area (Å²) in [4.78, 5) is 23.9. The standard InChI is InChI=1S/C25H36O7/c1-23-11-9-20-18(19(23)8-6-16(23)10-14-26)7-5-17-15-25(31-21(27)29-3,32-22(28)30-4)13-12-24(17,20)2/h5,7,16,19-20,26H,6,8-15H2,1-4H3/t16-,19+,20+,23-,24+/m1/s1. The van der Waals surface area contributed by atoms with E-state index in [0.717, 1.165) is 31.3 Å². The van der Waals surface area contributed by atoms with Gasteiger partial charge in [0, 0.05) is 19.4 Å². The highest BCUT2D eigenvalue weighted by atomic mass is 16.8. The summed E-state index contributed by atoms with van der Waals surface area (Å²) >= 11 is 0. The Morgan fingerprint density at radius 2 is 1.66 bits per heavy atom. The van der Waals surface area contributed by atoms with Gasteiger partial charge in [0.1, 0.15) is 0 Å². The van der Waals surface area contributed by atoms with Crippen LogP contribution in [-0.4, -0.2) is 44.0 Å². The first-order valence-electron chi connectivity index (χ1n) is 11.8. The molecule has 7 heteroatoms. The van der Waals surface area contributed by atoms with Gasteiger partial charge in [0.25, 0.3) is 5.79 Å². The molecule has 4 rings (SSSR count). The van der Waals surface area contributed by atoms with Gasteiger partial charge in [0.05, 0.1) is 14.2 Å². The van der Waals surface area contributed by atoms with Crippen LogP contribution in [-0.2, 0) is 18.9 Å². The monoisotopic (exact) mass is 448 g/mol. The van der Waals surface area contributed by atoms with Gasteiger partial charge in [-0.2, -0.15) is 0 Å². The van der Waals surface area contributed by atoms with Crippen molar-refractivity contribution in [3.8, 4) is 0 Å². The molecule has 7 nitrogen and oxygen atoms in total. The summed E-state index contributed by atoms with van der Waals surface area (Å²) in [5.41, 5.74) is 2.87. The van der Waals surface area contributed by atoms with Crippen molar-refractivity contribution in [2.45, 2.75) is 71.0 Å². The molecule has 32 heavy (non-hydrogen) atoms. The van der Waals surface area contributed by atoms with Crippen LogP contribution in [0.5, 0.6) is 0 Å². The number of carbonyl (C=O) groups excluding carboxylic acids is 2. The van der Waals surface area contributed by atoms with E-state index in [1.165, 1.54) is 27.1 Å². The topological polar surface area (TPSA) is 91.3 Å². The minimum Gasteiger partial charge on any atom is -0.438 e. The molecular formula is C25H36O7. The van der Waals surface area contributed by atoms with E-state index >= 15 is 0 Å². The number of aliphatic hydroxyl groups excluding tert-OH is 1. The number of fused-ring (bicyclic) bond motifs is 5. The maximum Gasteiger partial charge on any atom is 0.511 e. The molecule has 1 N–H and O–H groups in total. The maximum absolute atomic E-state index is 11.9. The second-order valence-electron chi connectivity index (χ2n) is 10.4. The van der Waals surface area contributed by atoms with Gasteiger partial charge < -0.3 is 24.1 Å². The smallest absolute Gasteiger partial charge is 0.438 e. The fraction of sp³-hybridized carbons (Fsp3) is 0.760. The Balaban J connectivity index is 1.64. The minimum absolute atomic E-state index is 0.0665. The van der Waals surface area contributed by atoms with Crippen LogP contribution in [0.3, 0.4) is 0 Å². The normalized spacial score (nSPS) is 37.1. The lowest BCUT2D eigenvalue weighted by Gasteiger charge is -2.55. The zero-order valence-corrected chi connectivity index (χ0v) is 19.6. The third-order valence-electron chi connectivity index (χ3n) is 9.12. The van der Waals surface area contributed by atoms with Crippen LogP contribution in [0, 0.1) is 28.6 Å². The second kappa shape index (κ2) is 8.40. The predicted molar refractivity (Wildman–Crippen MR) is 117 cm³/mol. The Morgan fingerprint density at radius 3 is 2.28 bits per heavy atom. The average Bonchev–Trinajstić information content (AvgIpc) is 3.10. The third kappa shape index (κ3) is 3.62. The van der Waals surface area contributed by atoms with Crippen molar-refractivity contribution in [2.75, 3.05) is 20.8 Å². The van der Waals surface area contributed by atoms with Crippen LogP contribution in [0.15, 0.2) is 23.3 Å². The van der Waals surface area contributed by atoms with Crippen molar-refractivity contribution in [3.63, 3.8) is 0 Å². The van der Waals surface area contributed by atoms with Crippen molar-refractivity contribution < 1.29 is 33.6 Å². The van der Waals surface area contributed by atoms with Crippen molar-refractivity contribution >= 4 is 12.3 Å². The summed E-state index contributed by atoms with van der Waals surface area (Å²) in [6.07, 6.45) is 9.65. The van der Waals surface area contributed by atoms with Crippen molar-refractivity contribution in [3.05, 3.63) is 23.3 Å². The Labute approximate surface area is 190 Å². The molecule has 0 saturated heterocycles. The Morgan fingerprint density at radius 1 is 0.969 bits per heavy atom. The van der Waals surface area contributed by atoms with Crippen LogP contribution in [0.2, 0.25) is 0 Å². The molecule has 178 valence electrons. The lowest BCUT2D eigenvalue weighted by atomic mass is 9.50. The summed E-state index contributed by atoms with van der Waals surface area (Å²) in [6, 6.07) is 0. The van der Waals surface area contributed by atoms with Crippen LogP contribution >= 0.6 is 0 Å². The van der Waals surface area contributed by atoms with Gasteiger partial charge in [0.2, 0.25) is 0 Å². The molecule has 3 saturated carbocycles. The molecule has 0 aromatic rings. The molecule has 0 spiro atoms. The van der Waals surface area contributed by atoms with Gasteiger partial charge in [-0.15, -0.1) is 0 Å². The Hall–Kier alpha value is -2.02. The molecule has 4 aliphatic carbocycles. The predicted octanol–water partition coefficient (Wildman–Crippen LogP) is 5.13. The van der Waals surface area contributed by atoms with Crippen LogP contribution in [0.4, 0.5) is 9.59 Å². The van der Waals surface area contributed by atoms with Crippen LogP contribution < -0.4 is 0 Å². The van der Waals surface area contributed by atoms with Gasteiger partial charge in [-0.1, -0.05) is 37.1 Å². The summed E-state index contributed by atoms with van der Waals surface area (Å²) in [5, 5.41) is 9.56. The molecule has 5 atom stereocenters. The number of hydrogen-bond acceptors (Lipinski definition) is 7. The molecule has 0 amide bonds. The van der Waals surface area contributed by atoms with Crippen molar-refractivity contribution in [1.29, 1.82) is 0 Å². The number of rotatable bonds is 4. The van der Waals surface area contributed by atoms with E-state index in [0.29, 0.717) is 30.6 Å². The van der Waals surface area contributed by atoms with Crippen LogP contribution in [0.25, 0.3) is 0 Å². The summed E-state index contributed by atoms with van der Waals surface area (Å²) in [7, 11) is 2.47. The molecule has 3 fully saturated rings. The highest BCUT2D eigenvalue weighted by molar-refractivity contribution is 5.63. The van der Waals surface area contributed by atoms with E-state index in [1.807, 2.05) is 0 Å². The molecule has 0 aromatic heterocycles. The number of ether oxygens (including phenoxy) is 4. The number of carbonyl (C=O) groups is 2. The van der Waals surface area contributed by atoms with E-state index in [1.54, 1.807) is 5.57 Å². The zero-order chi connectivity index (χ0) is 23.1. The minimum atomic E-state index is -1.42. The van der Waals surface area contributed by atoms with E-state index in [9.17, 15) is 14.7 Å². The lowest BCUT2D eigenvalue weighted by molar-refractivity contribution is -0.204. The molecule has 4 aliphatic rings. The van der Waals surface area contributed by atoms with Gasteiger partial charge in [-0.05, 0) is 67.1 Å². The molecular weight excluding hydrogens is 412 g/mol.